The predicted octanol–water partition coefficient (Wildman–Crippen LogP) is 4.68. The van der Waals surface area contributed by atoms with Crippen molar-refractivity contribution >= 4 is 23.2 Å². The van der Waals surface area contributed by atoms with E-state index in [-0.39, 0.29) is 18.2 Å². The summed E-state index contributed by atoms with van der Waals surface area (Å²) in [5.74, 6) is 0.878. The topological polar surface area (TPSA) is 102 Å². The highest BCUT2D eigenvalue weighted by molar-refractivity contribution is 6.03. The molecule has 1 aliphatic rings. The minimum atomic E-state index is -0.412. The van der Waals surface area contributed by atoms with Gasteiger partial charge in [0, 0.05) is 36.1 Å². The number of benzene rings is 2. The van der Waals surface area contributed by atoms with Crippen LogP contribution < -0.4 is 15.0 Å². The summed E-state index contributed by atoms with van der Waals surface area (Å²) in [6, 6.07) is 18.3. The second-order valence-corrected chi connectivity index (χ2v) is 9.29. The highest BCUT2D eigenvalue weighted by Gasteiger charge is 2.35. The molecule has 37 heavy (non-hydrogen) atoms. The molecular weight excluding hydrogens is 468 g/mol. The summed E-state index contributed by atoms with van der Waals surface area (Å²) in [7, 11) is 0. The number of hydrogen-bond acceptors (Lipinski definition) is 6. The fourth-order valence-electron chi connectivity index (χ4n) is 4.25. The van der Waals surface area contributed by atoms with Crippen molar-refractivity contribution in [1.29, 1.82) is 0 Å². The van der Waals surface area contributed by atoms with E-state index in [1.54, 1.807) is 46.0 Å². The summed E-state index contributed by atoms with van der Waals surface area (Å²) < 4.78 is 7.57. The fraction of sp³-hybridized carbons (Fsp3) is 0.250. The van der Waals surface area contributed by atoms with Crippen molar-refractivity contribution in [1.82, 2.24) is 20.0 Å². The second-order valence-electron chi connectivity index (χ2n) is 9.29. The average Bonchev–Trinajstić information content (AvgIpc) is 3.41. The Morgan fingerprint density at radius 3 is 2.30 bits per heavy atom. The summed E-state index contributed by atoms with van der Waals surface area (Å²) in [5.41, 5.74) is 5.65. The quantitative estimate of drug-likeness (QED) is 0.416. The molecule has 1 atom stereocenters. The highest BCUT2D eigenvalue weighted by Crippen LogP contribution is 2.27. The lowest BCUT2D eigenvalue weighted by Gasteiger charge is -2.17. The molecule has 4 aromatic rings. The van der Waals surface area contributed by atoms with E-state index in [0.717, 1.165) is 28.2 Å². The van der Waals surface area contributed by atoms with E-state index in [1.807, 2.05) is 52.0 Å². The molecule has 1 unspecified atom stereocenters. The molecule has 1 aliphatic heterocycles. The lowest BCUT2D eigenvalue weighted by atomic mass is 10.1. The Balaban J connectivity index is 1.18. The van der Waals surface area contributed by atoms with E-state index in [0.29, 0.717) is 29.7 Å². The Hall–Kier alpha value is -4.53. The number of aromatic nitrogens is 4. The van der Waals surface area contributed by atoms with Crippen molar-refractivity contribution < 1.29 is 14.3 Å². The second kappa shape index (κ2) is 9.85. The van der Waals surface area contributed by atoms with Gasteiger partial charge in [0.15, 0.2) is 5.82 Å². The molecule has 2 aromatic heterocycles. The predicted molar refractivity (Wildman–Crippen MR) is 140 cm³/mol. The van der Waals surface area contributed by atoms with Gasteiger partial charge < -0.3 is 15.0 Å². The maximum atomic E-state index is 12.8. The lowest BCUT2D eigenvalue weighted by molar-refractivity contribution is -0.122. The first-order valence-corrected chi connectivity index (χ1v) is 12.1. The van der Waals surface area contributed by atoms with Crippen molar-refractivity contribution in [2.24, 2.45) is 5.92 Å². The Bertz CT molecular complexity index is 1440. The molecule has 0 spiro atoms. The normalized spacial score (nSPS) is 15.2. The molecule has 1 saturated heterocycles. The average molecular weight is 497 g/mol. The largest absolute Gasteiger partial charge is 0.438 e. The van der Waals surface area contributed by atoms with Crippen LogP contribution in [0.2, 0.25) is 0 Å². The van der Waals surface area contributed by atoms with Gasteiger partial charge in [-0.05, 0) is 75.7 Å². The summed E-state index contributed by atoms with van der Waals surface area (Å²) in [6.07, 6.45) is 0.187. The molecule has 0 saturated carbocycles. The SMILES string of the molecule is Cc1ccc(N2CC(C(=O)Nc3ccc(Oc4ccc(-n5nc(C)c(C)c5C)nn4)cc3)CC2=O)cc1. The number of nitrogens with one attached hydrogen (secondary N) is 1. The van der Waals surface area contributed by atoms with Crippen LogP contribution in [0.3, 0.4) is 0 Å². The standard InChI is InChI=1S/C28H28N6O3/c1-17-5-9-23(10-6-17)33-16-21(15-27(33)35)28(36)29-22-7-11-24(12-8-22)37-26-14-13-25(30-31-26)34-20(4)18(2)19(3)32-34/h5-14,21H,15-16H2,1-4H3,(H,29,36). The summed E-state index contributed by atoms with van der Waals surface area (Å²) in [5, 5.41) is 15.8. The molecule has 9 nitrogen and oxygen atoms in total. The van der Waals surface area contributed by atoms with Crippen molar-refractivity contribution in [3.8, 4) is 17.4 Å². The van der Waals surface area contributed by atoms with E-state index >= 15 is 0 Å². The number of amides is 2. The number of ether oxygens (including phenoxy) is 1. The Morgan fingerprint density at radius 1 is 0.946 bits per heavy atom. The minimum Gasteiger partial charge on any atom is -0.438 e. The molecule has 9 heteroatoms. The van der Waals surface area contributed by atoms with Crippen molar-refractivity contribution in [2.75, 3.05) is 16.8 Å². The molecule has 188 valence electrons. The molecule has 1 N–H and O–H groups in total. The van der Waals surface area contributed by atoms with Gasteiger partial charge >= 0.3 is 0 Å². The van der Waals surface area contributed by atoms with Crippen LogP contribution in [0.25, 0.3) is 5.82 Å². The van der Waals surface area contributed by atoms with Gasteiger partial charge in [0.05, 0.1) is 11.6 Å². The summed E-state index contributed by atoms with van der Waals surface area (Å²) >= 11 is 0. The molecular formula is C28H28N6O3. The van der Waals surface area contributed by atoms with Gasteiger partial charge in [0.1, 0.15) is 5.75 Å². The van der Waals surface area contributed by atoms with E-state index < -0.39 is 5.92 Å². The van der Waals surface area contributed by atoms with Crippen molar-refractivity contribution in [2.45, 2.75) is 34.1 Å². The molecule has 2 amide bonds. The van der Waals surface area contributed by atoms with E-state index in [9.17, 15) is 9.59 Å². The number of hydrogen-bond donors (Lipinski definition) is 1. The zero-order valence-corrected chi connectivity index (χ0v) is 21.2. The fourth-order valence-corrected chi connectivity index (χ4v) is 4.25. The molecule has 1 fully saturated rings. The maximum Gasteiger partial charge on any atom is 0.238 e. The van der Waals surface area contributed by atoms with Crippen LogP contribution in [0.4, 0.5) is 11.4 Å². The molecule has 0 bridgehead atoms. The zero-order chi connectivity index (χ0) is 26.1. The summed E-state index contributed by atoms with van der Waals surface area (Å²) in [4.78, 5) is 27.0. The first-order valence-electron chi connectivity index (χ1n) is 12.1. The number of nitrogens with zero attached hydrogens (tertiary/aromatic N) is 5. The van der Waals surface area contributed by atoms with Crippen LogP contribution in [-0.2, 0) is 9.59 Å². The highest BCUT2D eigenvalue weighted by atomic mass is 16.5. The number of rotatable bonds is 6. The Morgan fingerprint density at radius 2 is 1.68 bits per heavy atom. The van der Waals surface area contributed by atoms with Gasteiger partial charge in [0.2, 0.25) is 17.7 Å². The first-order chi connectivity index (χ1) is 17.8. The van der Waals surface area contributed by atoms with Crippen molar-refractivity contribution in [3.63, 3.8) is 0 Å². The molecule has 5 rings (SSSR count). The smallest absolute Gasteiger partial charge is 0.238 e. The van der Waals surface area contributed by atoms with Crippen LogP contribution in [0.1, 0.15) is 28.9 Å². The number of aryl methyl sites for hydroxylation is 2. The van der Waals surface area contributed by atoms with E-state index in [2.05, 4.69) is 20.6 Å². The van der Waals surface area contributed by atoms with Crippen LogP contribution in [-0.4, -0.2) is 38.3 Å². The first kappa shape index (κ1) is 24.2. The molecule has 3 heterocycles. The van der Waals surface area contributed by atoms with Gasteiger partial charge in [-0.2, -0.15) is 5.10 Å². The van der Waals surface area contributed by atoms with Crippen LogP contribution in [0, 0.1) is 33.6 Å². The lowest BCUT2D eigenvalue weighted by Crippen LogP contribution is -2.28. The monoisotopic (exact) mass is 496 g/mol. The molecule has 0 radical (unpaired) electrons. The number of anilines is 2. The van der Waals surface area contributed by atoms with E-state index in [4.69, 9.17) is 4.74 Å². The van der Waals surface area contributed by atoms with Crippen LogP contribution >= 0.6 is 0 Å². The number of carbonyl (C=O) groups excluding carboxylic acids is 2. The van der Waals surface area contributed by atoms with Gasteiger partial charge in [-0.3, -0.25) is 9.59 Å². The third-order valence-corrected chi connectivity index (χ3v) is 6.68. The van der Waals surface area contributed by atoms with Gasteiger partial charge in [-0.1, -0.05) is 17.7 Å². The van der Waals surface area contributed by atoms with Gasteiger partial charge in [0.25, 0.3) is 0 Å². The molecule has 2 aromatic carbocycles. The zero-order valence-electron chi connectivity index (χ0n) is 21.2. The maximum absolute atomic E-state index is 12.8. The molecule has 0 aliphatic carbocycles. The summed E-state index contributed by atoms with van der Waals surface area (Å²) in [6.45, 7) is 8.34. The van der Waals surface area contributed by atoms with Crippen molar-refractivity contribution in [3.05, 3.63) is 83.2 Å². The third-order valence-electron chi connectivity index (χ3n) is 6.68. The van der Waals surface area contributed by atoms with E-state index in [1.165, 1.54) is 0 Å². The number of carbonyl (C=O) groups is 2. The Labute approximate surface area is 215 Å². The van der Waals surface area contributed by atoms with Gasteiger partial charge in [-0.25, -0.2) is 4.68 Å². The third kappa shape index (κ3) is 5.06. The van der Waals surface area contributed by atoms with Crippen LogP contribution in [0.5, 0.6) is 11.6 Å². The van der Waals surface area contributed by atoms with Gasteiger partial charge in [-0.15, -0.1) is 10.2 Å². The Kier molecular flexibility index (Phi) is 6.43. The van der Waals surface area contributed by atoms with Crippen LogP contribution in [0.15, 0.2) is 60.7 Å². The minimum absolute atomic E-state index is 0.0483.